The number of fused-ring (bicyclic) bond motifs is 1. The molecule has 0 aromatic heterocycles. The summed E-state index contributed by atoms with van der Waals surface area (Å²) in [5, 5.41) is 2.93. The first-order chi connectivity index (χ1) is 13.2. The standard InChI is InChI=1S/C21H30N2O4/c1-2-26-18-8-6-7-17-14-23(20(25)13-16-9-10-16)15-19(24)22-11-4-3-5-12-27-21(17)18/h6-8,16H,2-5,9-15H2,1H3,(H,22,24). The molecule has 1 aromatic rings. The largest absolute Gasteiger partial charge is 0.490 e. The van der Waals surface area contributed by atoms with Crippen LogP contribution in [0.4, 0.5) is 0 Å². The summed E-state index contributed by atoms with van der Waals surface area (Å²) in [6, 6.07) is 5.76. The molecule has 0 radical (unpaired) electrons. The fourth-order valence-electron chi connectivity index (χ4n) is 3.29. The summed E-state index contributed by atoms with van der Waals surface area (Å²) in [6.45, 7) is 4.17. The number of nitrogens with one attached hydrogen (secondary N) is 1. The highest BCUT2D eigenvalue weighted by atomic mass is 16.5. The second-order valence-corrected chi connectivity index (χ2v) is 7.33. The zero-order valence-corrected chi connectivity index (χ0v) is 16.2. The molecule has 27 heavy (non-hydrogen) atoms. The van der Waals surface area contributed by atoms with Crippen LogP contribution in [0.15, 0.2) is 18.2 Å². The van der Waals surface area contributed by atoms with Gasteiger partial charge in [0.15, 0.2) is 11.5 Å². The number of carbonyl (C=O) groups is 2. The lowest BCUT2D eigenvalue weighted by Gasteiger charge is -2.24. The number of ether oxygens (including phenoxy) is 2. The number of para-hydroxylation sites is 1. The SMILES string of the molecule is CCOc1cccc2c1OCCCCCNC(=O)CN(C(=O)CC1CC1)C2. The number of benzene rings is 1. The normalized spacial score (nSPS) is 18.9. The van der Waals surface area contributed by atoms with E-state index in [1.165, 1.54) is 0 Å². The molecule has 0 bridgehead atoms. The average Bonchev–Trinajstić information content (AvgIpc) is 3.45. The van der Waals surface area contributed by atoms with Crippen LogP contribution >= 0.6 is 0 Å². The van der Waals surface area contributed by atoms with E-state index < -0.39 is 0 Å². The maximum absolute atomic E-state index is 12.8. The number of amides is 2. The first-order valence-corrected chi connectivity index (χ1v) is 10.1. The Hall–Kier alpha value is -2.24. The Morgan fingerprint density at radius 3 is 2.89 bits per heavy atom. The topological polar surface area (TPSA) is 67.9 Å². The van der Waals surface area contributed by atoms with Crippen LogP contribution in [0.1, 0.15) is 51.0 Å². The van der Waals surface area contributed by atoms with Gasteiger partial charge in [-0.2, -0.15) is 0 Å². The smallest absolute Gasteiger partial charge is 0.239 e. The maximum Gasteiger partial charge on any atom is 0.239 e. The minimum atomic E-state index is -0.0955. The van der Waals surface area contributed by atoms with Gasteiger partial charge in [0.1, 0.15) is 0 Å². The van der Waals surface area contributed by atoms with Crippen molar-refractivity contribution in [1.29, 1.82) is 0 Å². The van der Waals surface area contributed by atoms with Gasteiger partial charge in [-0.3, -0.25) is 9.59 Å². The molecule has 1 fully saturated rings. The van der Waals surface area contributed by atoms with E-state index in [0.29, 0.717) is 50.1 Å². The molecule has 0 spiro atoms. The van der Waals surface area contributed by atoms with E-state index in [0.717, 1.165) is 37.7 Å². The first-order valence-electron chi connectivity index (χ1n) is 10.1. The fourth-order valence-corrected chi connectivity index (χ4v) is 3.29. The molecule has 1 saturated carbocycles. The Kier molecular flexibility index (Phi) is 6.96. The molecule has 1 aliphatic carbocycles. The number of nitrogens with zero attached hydrogens (tertiary/aromatic N) is 1. The van der Waals surface area contributed by atoms with Crippen molar-refractivity contribution in [3.63, 3.8) is 0 Å². The molecule has 0 atom stereocenters. The van der Waals surface area contributed by atoms with Gasteiger partial charge in [-0.05, 0) is 51.0 Å². The molecule has 148 valence electrons. The molecular formula is C21H30N2O4. The van der Waals surface area contributed by atoms with Crippen molar-refractivity contribution in [1.82, 2.24) is 10.2 Å². The minimum absolute atomic E-state index is 0.0373. The number of hydrogen-bond acceptors (Lipinski definition) is 4. The highest BCUT2D eigenvalue weighted by Gasteiger charge is 2.28. The third kappa shape index (κ3) is 5.88. The highest BCUT2D eigenvalue weighted by Crippen LogP contribution is 2.35. The summed E-state index contributed by atoms with van der Waals surface area (Å²) in [5.74, 6) is 1.82. The molecule has 3 rings (SSSR count). The lowest BCUT2D eigenvalue weighted by atomic mass is 10.1. The van der Waals surface area contributed by atoms with Gasteiger partial charge >= 0.3 is 0 Å². The van der Waals surface area contributed by atoms with Gasteiger partial charge in [-0.15, -0.1) is 0 Å². The van der Waals surface area contributed by atoms with E-state index in [1.807, 2.05) is 25.1 Å². The Morgan fingerprint density at radius 1 is 1.26 bits per heavy atom. The predicted molar refractivity (Wildman–Crippen MR) is 103 cm³/mol. The molecule has 1 heterocycles. The van der Waals surface area contributed by atoms with Gasteiger partial charge in [0.25, 0.3) is 0 Å². The lowest BCUT2D eigenvalue weighted by molar-refractivity contribution is -0.137. The number of hydrogen-bond donors (Lipinski definition) is 1. The van der Waals surface area contributed by atoms with Crippen LogP contribution in [0.5, 0.6) is 11.5 Å². The quantitative estimate of drug-likeness (QED) is 0.880. The maximum atomic E-state index is 12.8. The van der Waals surface area contributed by atoms with Gasteiger partial charge in [0.05, 0.1) is 19.8 Å². The van der Waals surface area contributed by atoms with E-state index in [-0.39, 0.29) is 18.4 Å². The van der Waals surface area contributed by atoms with E-state index in [4.69, 9.17) is 9.47 Å². The second kappa shape index (κ2) is 9.62. The number of carbonyl (C=O) groups excluding carboxylic acids is 2. The molecule has 0 unspecified atom stereocenters. The summed E-state index contributed by atoms with van der Waals surface area (Å²) in [5.41, 5.74) is 0.886. The van der Waals surface area contributed by atoms with Crippen molar-refractivity contribution in [3.05, 3.63) is 23.8 Å². The van der Waals surface area contributed by atoms with Crippen LogP contribution < -0.4 is 14.8 Å². The van der Waals surface area contributed by atoms with Gasteiger partial charge < -0.3 is 19.7 Å². The van der Waals surface area contributed by atoms with Crippen LogP contribution in [0.25, 0.3) is 0 Å². The molecular weight excluding hydrogens is 344 g/mol. The molecule has 2 amide bonds. The third-order valence-corrected chi connectivity index (χ3v) is 4.96. The Bertz CT molecular complexity index is 658. The zero-order valence-electron chi connectivity index (χ0n) is 16.2. The summed E-state index contributed by atoms with van der Waals surface area (Å²) in [4.78, 5) is 26.8. The molecule has 1 aromatic carbocycles. The summed E-state index contributed by atoms with van der Waals surface area (Å²) >= 11 is 0. The molecule has 6 nitrogen and oxygen atoms in total. The van der Waals surface area contributed by atoms with Crippen molar-refractivity contribution >= 4 is 11.8 Å². The summed E-state index contributed by atoms with van der Waals surface area (Å²) in [6.07, 6.45) is 5.55. The summed E-state index contributed by atoms with van der Waals surface area (Å²) < 4.78 is 11.8. The van der Waals surface area contributed by atoms with Gasteiger partial charge in [0, 0.05) is 25.1 Å². The van der Waals surface area contributed by atoms with Crippen LogP contribution in [0.3, 0.4) is 0 Å². The van der Waals surface area contributed by atoms with E-state index >= 15 is 0 Å². The molecule has 1 aliphatic heterocycles. The van der Waals surface area contributed by atoms with Crippen molar-refractivity contribution in [2.24, 2.45) is 5.92 Å². The van der Waals surface area contributed by atoms with Gasteiger partial charge in [-0.1, -0.05) is 12.1 Å². The Balaban J connectivity index is 1.85. The molecule has 0 saturated heterocycles. The summed E-state index contributed by atoms with van der Waals surface area (Å²) in [7, 11) is 0. The van der Waals surface area contributed by atoms with Crippen LogP contribution in [0, 0.1) is 5.92 Å². The van der Waals surface area contributed by atoms with Crippen LogP contribution in [-0.4, -0.2) is 43.0 Å². The lowest BCUT2D eigenvalue weighted by Crippen LogP contribution is -2.40. The van der Waals surface area contributed by atoms with E-state index in [9.17, 15) is 9.59 Å². The zero-order chi connectivity index (χ0) is 19.1. The van der Waals surface area contributed by atoms with Crippen LogP contribution in [0.2, 0.25) is 0 Å². The minimum Gasteiger partial charge on any atom is -0.490 e. The Morgan fingerprint density at radius 2 is 2.11 bits per heavy atom. The monoisotopic (exact) mass is 374 g/mol. The van der Waals surface area contributed by atoms with Gasteiger partial charge in [0.2, 0.25) is 11.8 Å². The fraction of sp³-hybridized carbons (Fsp3) is 0.619. The van der Waals surface area contributed by atoms with Crippen molar-refractivity contribution < 1.29 is 19.1 Å². The predicted octanol–water partition coefficient (Wildman–Crippen LogP) is 2.89. The molecule has 6 heteroatoms. The molecule has 2 aliphatic rings. The van der Waals surface area contributed by atoms with Crippen molar-refractivity contribution in [3.8, 4) is 11.5 Å². The molecule has 1 N–H and O–H groups in total. The van der Waals surface area contributed by atoms with Crippen molar-refractivity contribution in [2.75, 3.05) is 26.3 Å². The second-order valence-electron chi connectivity index (χ2n) is 7.33. The third-order valence-electron chi connectivity index (χ3n) is 4.96. The first kappa shape index (κ1) is 19.5. The average molecular weight is 374 g/mol. The van der Waals surface area contributed by atoms with E-state index in [1.54, 1.807) is 4.90 Å². The Labute approximate surface area is 161 Å². The van der Waals surface area contributed by atoms with Crippen molar-refractivity contribution in [2.45, 2.75) is 52.0 Å². The van der Waals surface area contributed by atoms with Crippen LogP contribution in [-0.2, 0) is 16.1 Å². The number of rotatable bonds is 4. The highest BCUT2D eigenvalue weighted by molar-refractivity contribution is 5.85. The van der Waals surface area contributed by atoms with Gasteiger partial charge in [-0.25, -0.2) is 0 Å². The van der Waals surface area contributed by atoms with E-state index in [2.05, 4.69) is 5.32 Å².